The summed E-state index contributed by atoms with van der Waals surface area (Å²) in [6.45, 7) is 0. The first-order valence-electron chi connectivity index (χ1n) is 16.9. The number of nitriles is 1. The smallest absolute Gasteiger partial charge is 0.147 e. The van der Waals surface area contributed by atoms with E-state index in [2.05, 4.69) is 83.4 Å². The van der Waals surface area contributed by atoms with Gasteiger partial charge in [0.2, 0.25) is 0 Å². The molecule has 236 valence electrons. The van der Waals surface area contributed by atoms with Crippen molar-refractivity contribution in [2.24, 2.45) is 0 Å². The predicted octanol–water partition coefficient (Wildman–Crippen LogP) is 12.3. The van der Waals surface area contributed by atoms with Gasteiger partial charge >= 0.3 is 0 Å². The fraction of sp³-hybridized carbons (Fsp3) is 0. The number of pyridine rings is 1. The van der Waals surface area contributed by atoms with Gasteiger partial charge in [0.05, 0.1) is 44.6 Å². The second kappa shape index (κ2) is 10.4. The van der Waals surface area contributed by atoms with Crippen LogP contribution in [0.25, 0.3) is 105 Å². The molecule has 0 saturated heterocycles. The molecule has 11 rings (SSSR count). The molecule has 4 aromatic heterocycles. The fourth-order valence-electron chi connectivity index (χ4n) is 7.91. The maximum absolute atomic E-state index is 9.68. The van der Waals surface area contributed by atoms with Gasteiger partial charge < -0.3 is 13.4 Å². The Morgan fingerprint density at radius 1 is 0.490 bits per heavy atom. The summed E-state index contributed by atoms with van der Waals surface area (Å²) >= 11 is 0. The summed E-state index contributed by atoms with van der Waals surface area (Å²) in [5.74, 6) is 0. The topological polar surface area (TPSA) is 67.9 Å². The number of hydrogen-bond acceptors (Lipinski definition) is 4. The first-order chi connectivity index (χ1) is 25.2. The maximum Gasteiger partial charge on any atom is 0.147 e. The van der Waals surface area contributed by atoms with Gasteiger partial charge in [-0.05, 0) is 65.7 Å². The molecule has 11 aromatic rings. The number of benzene rings is 7. The molecule has 0 amide bonds. The van der Waals surface area contributed by atoms with E-state index < -0.39 is 0 Å². The van der Waals surface area contributed by atoms with Crippen LogP contribution in [0.1, 0.15) is 5.56 Å². The van der Waals surface area contributed by atoms with Gasteiger partial charge in [-0.15, -0.1) is 0 Å². The zero-order valence-corrected chi connectivity index (χ0v) is 27.1. The molecule has 0 bridgehead atoms. The van der Waals surface area contributed by atoms with Crippen LogP contribution < -0.4 is 0 Å². The molecule has 0 N–H and O–H groups in total. The van der Waals surface area contributed by atoms with Crippen LogP contribution in [0.2, 0.25) is 0 Å². The normalized spacial score (nSPS) is 11.9. The number of furan rings is 2. The monoisotopic (exact) mass is 651 g/mol. The number of nitrogens with zero attached hydrogens (tertiary/aromatic N) is 3. The Morgan fingerprint density at radius 3 is 1.92 bits per heavy atom. The van der Waals surface area contributed by atoms with Gasteiger partial charge in [0.25, 0.3) is 0 Å². The third-order valence-corrected chi connectivity index (χ3v) is 10.2. The standard InChI is InChI=1S/C46H25N3O2/c47-26-27-14-20-32-33-21-19-30(25-38(33)49(37(32)24-27)31-8-2-1-3-9-31)28-15-17-29(18-16-28)45-43-35-11-5-7-13-40(35)51-46(43)44-36(48-45)22-23-41-42(44)34-10-4-6-12-39(34)50-41/h1-25H. The van der Waals surface area contributed by atoms with Crippen molar-refractivity contribution < 1.29 is 8.83 Å². The van der Waals surface area contributed by atoms with E-state index >= 15 is 0 Å². The molecule has 0 unspecified atom stereocenters. The van der Waals surface area contributed by atoms with E-state index in [1.165, 1.54) is 0 Å². The highest BCUT2D eigenvalue weighted by Crippen LogP contribution is 2.44. The van der Waals surface area contributed by atoms with E-state index in [9.17, 15) is 5.26 Å². The minimum Gasteiger partial charge on any atom is -0.456 e. The van der Waals surface area contributed by atoms with Crippen molar-refractivity contribution in [1.82, 2.24) is 9.55 Å². The molecule has 4 heterocycles. The lowest BCUT2D eigenvalue weighted by atomic mass is 9.97. The zero-order valence-electron chi connectivity index (χ0n) is 27.1. The summed E-state index contributed by atoms with van der Waals surface area (Å²) < 4.78 is 15.2. The molecule has 51 heavy (non-hydrogen) atoms. The van der Waals surface area contributed by atoms with Crippen molar-refractivity contribution in [2.45, 2.75) is 0 Å². The second-order valence-corrected chi connectivity index (χ2v) is 13.0. The molecule has 0 atom stereocenters. The Morgan fingerprint density at radius 2 is 1.14 bits per heavy atom. The molecule has 7 aromatic carbocycles. The zero-order chi connectivity index (χ0) is 33.6. The lowest BCUT2D eigenvalue weighted by Gasteiger charge is -2.10. The van der Waals surface area contributed by atoms with Crippen molar-refractivity contribution in [3.8, 4) is 34.1 Å². The minimum atomic E-state index is 0.641. The quantitative estimate of drug-likeness (QED) is 0.191. The molecule has 0 saturated carbocycles. The van der Waals surface area contributed by atoms with Crippen molar-refractivity contribution in [3.63, 3.8) is 0 Å². The number of fused-ring (bicyclic) bond motifs is 12. The van der Waals surface area contributed by atoms with Gasteiger partial charge in [-0.25, -0.2) is 4.98 Å². The van der Waals surface area contributed by atoms with E-state index in [-0.39, 0.29) is 0 Å². The molecule has 0 fully saturated rings. The van der Waals surface area contributed by atoms with Crippen LogP contribution >= 0.6 is 0 Å². The molecule has 5 nitrogen and oxygen atoms in total. The average molecular weight is 652 g/mol. The first kappa shape index (κ1) is 27.8. The highest BCUT2D eigenvalue weighted by Gasteiger charge is 2.22. The van der Waals surface area contributed by atoms with Crippen LogP contribution in [0.15, 0.2) is 160 Å². The van der Waals surface area contributed by atoms with Crippen molar-refractivity contribution in [3.05, 3.63) is 157 Å². The van der Waals surface area contributed by atoms with Crippen molar-refractivity contribution in [2.75, 3.05) is 0 Å². The first-order valence-corrected chi connectivity index (χ1v) is 16.9. The third kappa shape index (κ3) is 3.99. The molecule has 0 radical (unpaired) electrons. The SMILES string of the molecule is N#Cc1ccc2c3ccc(-c4ccc(-c5nc6ccc7oc8ccccc8c7c6c6oc7ccccc7c56)cc4)cc3n(-c3ccccc3)c2c1. The van der Waals surface area contributed by atoms with E-state index in [1.54, 1.807) is 0 Å². The number of hydrogen-bond donors (Lipinski definition) is 0. The van der Waals surface area contributed by atoms with Crippen LogP contribution in [-0.2, 0) is 0 Å². The van der Waals surface area contributed by atoms with Gasteiger partial charge in [0, 0.05) is 38.2 Å². The van der Waals surface area contributed by atoms with Gasteiger partial charge in [-0.3, -0.25) is 0 Å². The lowest BCUT2D eigenvalue weighted by Crippen LogP contribution is -1.94. The Kier molecular flexibility index (Phi) is 5.67. The summed E-state index contributed by atoms with van der Waals surface area (Å²) in [6.07, 6.45) is 0. The largest absolute Gasteiger partial charge is 0.456 e. The summed E-state index contributed by atoms with van der Waals surface area (Å²) in [5.41, 5.74) is 12.1. The average Bonchev–Trinajstić information content (AvgIpc) is 3.87. The number of para-hydroxylation sites is 3. The predicted molar refractivity (Wildman–Crippen MR) is 206 cm³/mol. The summed E-state index contributed by atoms with van der Waals surface area (Å²) in [6, 6.07) is 54.2. The van der Waals surface area contributed by atoms with E-state index in [4.69, 9.17) is 13.8 Å². The Balaban J connectivity index is 1.11. The maximum atomic E-state index is 9.68. The Hall–Kier alpha value is -7.16. The van der Waals surface area contributed by atoms with Crippen LogP contribution in [-0.4, -0.2) is 9.55 Å². The highest BCUT2D eigenvalue weighted by molar-refractivity contribution is 6.29. The second-order valence-electron chi connectivity index (χ2n) is 13.0. The van der Waals surface area contributed by atoms with E-state index in [1.807, 2.05) is 78.9 Å². The molecule has 0 aliphatic carbocycles. The molecule has 0 spiro atoms. The summed E-state index contributed by atoms with van der Waals surface area (Å²) in [7, 11) is 0. The number of rotatable bonds is 3. The van der Waals surface area contributed by atoms with Crippen LogP contribution in [0.4, 0.5) is 0 Å². The van der Waals surface area contributed by atoms with Crippen LogP contribution in [0, 0.1) is 11.3 Å². The lowest BCUT2D eigenvalue weighted by molar-refractivity contribution is 0.667. The Bertz CT molecular complexity index is 3250. The van der Waals surface area contributed by atoms with E-state index in [0.717, 1.165) is 105 Å². The molecule has 0 aliphatic rings. The van der Waals surface area contributed by atoms with Gasteiger partial charge in [-0.1, -0.05) is 97.1 Å². The Labute approximate surface area is 290 Å². The van der Waals surface area contributed by atoms with Crippen molar-refractivity contribution in [1.29, 1.82) is 5.26 Å². The van der Waals surface area contributed by atoms with Gasteiger partial charge in [-0.2, -0.15) is 5.26 Å². The van der Waals surface area contributed by atoms with Gasteiger partial charge in [0.1, 0.15) is 22.3 Å². The van der Waals surface area contributed by atoms with Crippen molar-refractivity contribution >= 4 is 76.6 Å². The molecular formula is C46H25N3O2. The molecule has 5 heteroatoms. The number of aromatic nitrogens is 2. The fourth-order valence-corrected chi connectivity index (χ4v) is 7.91. The summed E-state index contributed by atoms with van der Waals surface area (Å²) in [5, 5.41) is 17.0. The molecule has 0 aliphatic heterocycles. The molecular weight excluding hydrogens is 627 g/mol. The van der Waals surface area contributed by atoms with E-state index in [0.29, 0.717) is 5.56 Å². The third-order valence-electron chi connectivity index (χ3n) is 10.2. The minimum absolute atomic E-state index is 0.641. The summed E-state index contributed by atoms with van der Waals surface area (Å²) in [4.78, 5) is 5.33. The van der Waals surface area contributed by atoms with Crippen LogP contribution in [0.3, 0.4) is 0 Å². The van der Waals surface area contributed by atoms with Gasteiger partial charge in [0.15, 0.2) is 0 Å². The highest BCUT2D eigenvalue weighted by atomic mass is 16.3. The van der Waals surface area contributed by atoms with Crippen LogP contribution in [0.5, 0.6) is 0 Å².